The topological polar surface area (TPSA) is 46.5 Å². The summed E-state index contributed by atoms with van der Waals surface area (Å²) in [6.07, 6.45) is -1.59. The zero-order valence-corrected chi connectivity index (χ0v) is 8.04. The molecule has 0 heterocycles. The summed E-state index contributed by atoms with van der Waals surface area (Å²) in [4.78, 5) is 10.8. The molecule has 0 radical (unpaired) electrons. The van der Waals surface area contributed by atoms with Crippen LogP contribution in [0.2, 0.25) is 0 Å². The Morgan fingerprint density at radius 1 is 1.40 bits per heavy atom. The molecule has 0 spiro atoms. The molecular formula is C10H10F2O3. The summed E-state index contributed by atoms with van der Waals surface area (Å²) < 4.78 is 29.7. The van der Waals surface area contributed by atoms with E-state index in [1.165, 1.54) is 0 Å². The molecule has 1 N–H and O–H groups in total. The number of ether oxygens (including phenoxy) is 1. The quantitative estimate of drug-likeness (QED) is 0.768. The molecule has 0 saturated carbocycles. The smallest absolute Gasteiger partial charge is 0.335 e. The first kappa shape index (κ1) is 11.6. The molecule has 1 atom stereocenters. The summed E-state index contributed by atoms with van der Waals surface area (Å²) in [6.45, 7) is 0. The van der Waals surface area contributed by atoms with E-state index in [2.05, 4.69) is 4.74 Å². The number of carbonyl (C=O) groups is 1. The van der Waals surface area contributed by atoms with E-state index in [9.17, 15) is 18.7 Å². The van der Waals surface area contributed by atoms with E-state index in [1.807, 2.05) is 0 Å². The summed E-state index contributed by atoms with van der Waals surface area (Å²) in [5.74, 6) is -2.33. The van der Waals surface area contributed by atoms with Crippen LogP contribution < -0.4 is 0 Å². The summed E-state index contributed by atoms with van der Waals surface area (Å²) in [6, 6.07) is 2.82. The van der Waals surface area contributed by atoms with Gasteiger partial charge in [0.25, 0.3) is 0 Å². The normalized spacial score (nSPS) is 12.3. The van der Waals surface area contributed by atoms with Crippen molar-refractivity contribution in [1.29, 1.82) is 0 Å². The SMILES string of the molecule is COC(=O)C(O)Cc1cc(F)cc(F)c1. The van der Waals surface area contributed by atoms with Crippen LogP contribution in [0, 0.1) is 11.6 Å². The molecule has 1 rings (SSSR count). The minimum Gasteiger partial charge on any atom is -0.467 e. The van der Waals surface area contributed by atoms with Crippen molar-refractivity contribution < 1.29 is 23.4 Å². The Balaban J connectivity index is 2.76. The fourth-order valence-corrected chi connectivity index (χ4v) is 1.17. The van der Waals surface area contributed by atoms with Gasteiger partial charge in [0.05, 0.1) is 7.11 Å². The van der Waals surface area contributed by atoms with Crippen molar-refractivity contribution in [1.82, 2.24) is 0 Å². The Kier molecular flexibility index (Phi) is 3.74. The second-order valence-electron chi connectivity index (χ2n) is 3.02. The van der Waals surface area contributed by atoms with Crippen LogP contribution in [0.3, 0.4) is 0 Å². The molecule has 0 aliphatic carbocycles. The Bertz CT molecular complexity index is 345. The van der Waals surface area contributed by atoms with Crippen molar-refractivity contribution in [3.05, 3.63) is 35.4 Å². The van der Waals surface area contributed by atoms with E-state index >= 15 is 0 Å². The predicted octanol–water partition coefficient (Wildman–Crippen LogP) is 1.04. The number of hydrogen-bond acceptors (Lipinski definition) is 3. The highest BCUT2D eigenvalue weighted by molar-refractivity contribution is 5.74. The number of hydrogen-bond donors (Lipinski definition) is 1. The third kappa shape index (κ3) is 3.28. The molecule has 3 nitrogen and oxygen atoms in total. The third-order valence-corrected chi connectivity index (χ3v) is 1.82. The number of rotatable bonds is 3. The molecular weight excluding hydrogens is 206 g/mol. The highest BCUT2D eigenvalue weighted by Crippen LogP contribution is 2.10. The molecule has 1 aromatic carbocycles. The number of carbonyl (C=O) groups excluding carboxylic acids is 1. The summed E-state index contributed by atoms with van der Waals surface area (Å²) in [7, 11) is 1.12. The van der Waals surface area contributed by atoms with Crippen LogP contribution in [0.5, 0.6) is 0 Å². The molecule has 0 amide bonds. The molecule has 0 aliphatic rings. The Morgan fingerprint density at radius 2 is 1.93 bits per heavy atom. The van der Waals surface area contributed by atoms with Gasteiger partial charge in [0.1, 0.15) is 11.6 Å². The Hall–Kier alpha value is -1.49. The first-order valence-electron chi connectivity index (χ1n) is 4.24. The highest BCUT2D eigenvalue weighted by Gasteiger charge is 2.16. The van der Waals surface area contributed by atoms with E-state index in [0.29, 0.717) is 6.07 Å². The molecule has 5 heteroatoms. The van der Waals surface area contributed by atoms with Crippen LogP contribution in [-0.4, -0.2) is 24.3 Å². The van der Waals surface area contributed by atoms with E-state index in [1.54, 1.807) is 0 Å². The summed E-state index contributed by atoms with van der Waals surface area (Å²) >= 11 is 0. The maximum atomic E-state index is 12.7. The molecule has 0 fully saturated rings. The van der Waals surface area contributed by atoms with Gasteiger partial charge in [-0.05, 0) is 17.7 Å². The molecule has 0 aliphatic heterocycles. The van der Waals surface area contributed by atoms with Crippen LogP contribution in [0.25, 0.3) is 0 Å². The van der Waals surface area contributed by atoms with Gasteiger partial charge >= 0.3 is 5.97 Å². The van der Waals surface area contributed by atoms with Gasteiger partial charge in [-0.25, -0.2) is 13.6 Å². The van der Waals surface area contributed by atoms with Gasteiger partial charge in [-0.1, -0.05) is 0 Å². The van der Waals surface area contributed by atoms with Gasteiger partial charge in [-0.2, -0.15) is 0 Å². The van der Waals surface area contributed by atoms with Crippen molar-refractivity contribution >= 4 is 5.97 Å². The van der Waals surface area contributed by atoms with Crippen molar-refractivity contribution in [3.8, 4) is 0 Å². The largest absolute Gasteiger partial charge is 0.467 e. The maximum Gasteiger partial charge on any atom is 0.335 e. The van der Waals surface area contributed by atoms with Gasteiger partial charge in [0, 0.05) is 12.5 Å². The van der Waals surface area contributed by atoms with Crippen molar-refractivity contribution in [2.45, 2.75) is 12.5 Å². The third-order valence-electron chi connectivity index (χ3n) is 1.82. The minimum absolute atomic E-state index is 0.179. The summed E-state index contributed by atoms with van der Waals surface area (Å²) in [5, 5.41) is 9.23. The first-order valence-corrected chi connectivity index (χ1v) is 4.24. The van der Waals surface area contributed by atoms with Gasteiger partial charge in [0.2, 0.25) is 0 Å². The number of methoxy groups -OCH3 is 1. The highest BCUT2D eigenvalue weighted by atomic mass is 19.1. The molecule has 0 saturated heterocycles. The Morgan fingerprint density at radius 3 is 2.40 bits per heavy atom. The fourth-order valence-electron chi connectivity index (χ4n) is 1.17. The van der Waals surface area contributed by atoms with Crippen LogP contribution >= 0.6 is 0 Å². The minimum atomic E-state index is -1.41. The number of aliphatic hydroxyl groups excluding tert-OH is 1. The van der Waals surface area contributed by atoms with Gasteiger partial charge in [0.15, 0.2) is 6.10 Å². The van der Waals surface area contributed by atoms with Crippen molar-refractivity contribution in [2.75, 3.05) is 7.11 Å². The number of halogens is 2. The van der Waals surface area contributed by atoms with Crippen molar-refractivity contribution in [2.24, 2.45) is 0 Å². The van der Waals surface area contributed by atoms with E-state index < -0.39 is 23.7 Å². The van der Waals surface area contributed by atoms with Gasteiger partial charge in [-0.3, -0.25) is 0 Å². The van der Waals surface area contributed by atoms with E-state index in [0.717, 1.165) is 19.2 Å². The average molecular weight is 216 g/mol. The average Bonchev–Trinajstić information content (AvgIpc) is 2.14. The molecule has 15 heavy (non-hydrogen) atoms. The molecule has 0 aromatic heterocycles. The van der Waals surface area contributed by atoms with E-state index in [-0.39, 0.29) is 12.0 Å². The predicted molar refractivity (Wildman–Crippen MR) is 48.1 cm³/mol. The van der Waals surface area contributed by atoms with Crippen molar-refractivity contribution in [3.63, 3.8) is 0 Å². The molecule has 1 aromatic rings. The lowest BCUT2D eigenvalue weighted by Crippen LogP contribution is -2.24. The second kappa shape index (κ2) is 4.84. The lowest BCUT2D eigenvalue weighted by atomic mass is 10.1. The van der Waals surface area contributed by atoms with Crippen LogP contribution in [0.4, 0.5) is 8.78 Å². The lowest BCUT2D eigenvalue weighted by Gasteiger charge is -2.08. The van der Waals surface area contributed by atoms with Gasteiger partial charge < -0.3 is 9.84 Å². The maximum absolute atomic E-state index is 12.7. The standard InChI is InChI=1S/C10H10F2O3/c1-15-10(14)9(13)4-6-2-7(11)5-8(12)3-6/h2-3,5,9,13H,4H2,1H3. The monoisotopic (exact) mass is 216 g/mol. The van der Waals surface area contributed by atoms with Gasteiger partial charge in [-0.15, -0.1) is 0 Å². The van der Waals surface area contributed by atoms with Crippen LogP contribution in [0.1, 0.15) is 5.56 Å². The zero-order chi connectivity index (χ0) is 11.4. The van der Waals surface area contributed by atoms with E-state index in [4.69, 9.17) is 0 Å². The molecule has 1 unspecified atom stereocenters. The van der Waals surface area contributed by atoms with Crippen LogP contribution in [0.15, 0.2) is 18.2 Å². The Labute approximate surface area is 85.3 Å². The van der Waals surface area contributed by atoms with Crippen LogP contribution in [-0.2, 0) is 16.0 Å². The molecule has 0 bridgehead atoms. The second-order valence-corrected chi connectivity index (χ2v) is 3.02. The number of esters is 1. The summed E-state index contributed by atoms with van der Waals surface area (Å²) in [5.41, 5.74) is 0.199. The fraction of sp³-hybridized carbons (Fsp3) is 0.300. The zero-order valence-electron chi connectivity index (χ0n) is 8.04. The molecule has 82 valence electrons. The number of aliphatic hydroxyl groups is 1. The first-order chi connectivity index (χ1) is 7.02. The number of benzene rings is 1. The lowest BCUT2D eigenvalue weighted by molar-refractivity contribution is -0.150.